The van der Waals surface area contributed by atoms with Gasteiger partial charge < -0.3 is 0 Å². The molecule has 2 unspecified atom stereocenters. The van der Waals surface area contributed by atoms with Crippen LogP contribution in [-0.2, 0) is 12.8 Å². The molecule has 0 bridgehead atoms. The first-order chi connectivity index (χ1) is 10.1. The van der Waals surface area contributed by atoms with Gasteiger partial charge in [-0.1, -0.05) is 78.3 Å². The third-order valence-corrected chi connectivity index (χ3v) is 5.94. The summed E-state index contributed by atoms with van der Waals surface area (Å²) in [6.45, 7) is 4.50. The molecule has 1 aliphatic rings. The first-order valence-corrected chi connectivity index (χ1v) is 8.87. The quantitative estimate of drug-likeness (QED) is 0.595. The molecule has 0 amide bonds. The van der Waals surface area contributed by atoms with Crippen LogP contribution in [0.4, 0.5) is 0 Å². The fourth-order valence-electron chi connectivity index (χ4n) is 3.32. The topological polar surface area (TPSA) is 0 Å². The molecule has 0 heterocycles. The molecule has 0 aliphatic heterocycles. The standard InChI is InChI=1S/C20H23Br/c1-14(2)16-9-7-15(8-10-16)13-18-12-11-17-5-3-4-6-19(17)20(18)21/h3-10,14,18,20H,11-13H2,1-2H3. The highest BCUT2D eigenvalue weighted by Crippen LogP contribution is 2.41. The third-order valence-electron chi connectivity index (χ3n) is 4.69. The normalized spacial score (nSPS) is 21.3. The summed E-state index contributed by atoms with van der Waals surface area (Å²) in [5, 5.41) is 0. The van der Waals surface area contributed by atoms with Gasteiger partial charge in [0.05, 0.1) is 0 Å². The van der Waals surface area contributed by atoms with Gasteiger partial charge in [0.25, 0.3) is 0 Å². The van der Waals surface area contributed by atoms with E-state index in [1.165, 1.54) is 41.5 Å². The lowest BCUT2D eigenvalue weighted by Crippen LogP contribution is -2.18. The van der Waals surface area contributed by atoms with E-state index in [4.69, 9.17) is 0 Å². The Labute approximate surface area is 136 Å². The second-order valence-electron chi connectivity index (χ2n) is 6.50. The van der Waals surface area contributed by atoms with Crippen molar-refractivity contribution < 1.29 is 0 Å². The average molecular weight is 343 g/mol. The van der Waals surface area contributed by atoms with Gasteiger partial charge in [0.1, 0.15) is 0 Å². The summed E-state index contributed by atoms with van der Waals surface area (Å²) in [6.07, 6.45) is 3.66. The van der Waals surface area contributed by atoms with E-state index in [-0.39, 0.29) is 0 Å². The zero-order chi connectivity index (χ0) is 14.8. The van der Waals surface area contributed by atoms with Crippen molar-refractivity contribution in [1.82, 2.24) is 0 Å². The second-order valence-corrected chi connectivity index (χ2v) is 7.49. The van der Waals surface area contributed by atoms with E-state index in [0.29, 0.717) is 16.7 Å². The monoisotopic (exact) mass is 342 g/mol. The molecule has 2 aromatic rings. The van der Waals surface area contributed by atoms with Crippen molar-refractivity contribution in [1.29, 1.82) is 0 Å². The number of fused-ring (bicyclic) bond motifs is 1. The zero-order valence-electron chi connectivity index (χ0n) is 12.9. The predicted octanol–water partition coefficient (Wildman–Crippen LogP) is 6.05. The van der Waals surface area contributed by atoms with Crippen LogP contribution in [0.5, 0.6) is 0 Å². The number of rotatable bonds is 3. The Bertz CT molecular complexity index is 597. The molecule has 3 rings (SSSR count). The van der Waals surface area contributed by atoms with Gasteiger partial charge in [0, 0.05) is 4.83 Å². The van der Waals surface area contributed by atoms with Gasteiger partial charge in [-0.05, 0) is 53.4 Å². The van der Waals surface area contributed by atoms with Crippen LogP contribution in [-0.4, -0.2) is 0 Å². The average Bonchev–Trinajstić information content (AvgIpc) is 2.51. The second kappa shape index (κ2) is 6.36. The van der Waals surface area contributed by atoms with Crippen LogP contribution in [0.25, 0.3) is 0 Å². The molecule has 1 heteroatoms. The summed E-state index contributed by atoms with van der Waals surface area (Å²) >= 11 is 3.95. The summed E-state index contributed by atoms with van der Waals surface area (Å²) in [5.41, 5.74) is 5.91. The summed E-state index contributed by atoms with van der Waals surface area (Å²) in [7, 11) is 0. The molecule has 2 aromatic carbocycles. The lowest BCUT2D eigenvalue weighted by atomic mass is 9.80. The Balaban J connectivity index is 1.74. The fourth-order valence-corrected chi connectivity index (χ4v) is 4.22. The van der Waals surface area contributed by atoms with Crippen LogP contribution in [0, 0.1) is 5.92 Å². The van der Waals surface area contributed by atoms with Crippen molar-refractivity contribution in [3.63, 3.8) is 0 Å². The third kappa shape index (κ3) is 3.23. The molecular weight excluding hydrogens is 320 g/mol. The first-order valence-electron chi connectivity index (χ1n) is 7.96. The van der Waals surface area contributed by atoms with E-state index >= 15 is 0 Å². The van der Waals surface area contributed by atoms with Crippen molar-refractivity contribution in [2.45, 2.75) is 43.9 Å². The number of hydrogen-bond acceptors (Lipinski definition) is 0. The Morgan fingerprint density at radius 3 is 2.48 bits per heavy atom. The Kier molecular flexibility index (Phi) is 4.49. The minimum Gasteiger partial charge on any atom is -0.0836 e. The highest BCUT2D eigenvalue weighted by Gasteiger charge is 2.27. The lowest BCUT2D eigenvalue weighted by Gasteiger charge is -2.30. The van der Waals surface area contributed by atoms with Gasteiger partial charge in [-0.15, -0.1) is 0 Å². The lowest BCUT2D eigenvalue weighted by molar-refractivity contribution is 0.452. The SMILES string of the molecule is CC(C)c1ccc(CC2CCc3ccccc3C2Br)cc1. The van der Waals surface area contributed by atoms with Gasteiger partial charge in [-0.2, -0.15) is 0 Å². The molecule has 0 radical (unpaired) electrons. The smallest absolute Gasteiger partial charge is 0.0429 e. The largest absolute Gasteiger partial charge is 0.0836 e. The molecule has 0 spiro atoms. The number of hydrogen-bond donors (Lipinski definition) is 0. The summed E-state index contributed by atoms with van der Waals surface area (Å²) in [4.78, 5) is 0.493. The number of alkyl halides is 1. The van der Waals surface area contributed by atoms with Crippen molar-refractivity contribution in [2.24, 2.45) is 5.92 Å². The molecule has 0 aromatic heterocycles. The van der Waals surface area contributed by atoms with Crippen LogP contribution in [0.2, 0.25) is 0 Å². The molecule has 0 saturated heterocycles. The highest BCUT2D eigenvalue weighted by atomic mass is 79.9. The summed E-state index contributed by atoms with van der Waals surface area (Å²) < 4.78 is 0. The number of aryl methyl sites for hydroxylation is 1. The van der Waals surface area contributed by atoms with E-state index in [2.05, 4.69) is 78.3 Å². The fraction of sp³-hybridized carbons (Fsp3) is 0.400. The van der Waals surface area contributed by atoms with Crippen molar-refractivity contribution in [2.75, 3.05) is 0 Å². The van der Waals surface area contributed by atoms with E-state index in [1.807, 2.05) is 0 Å². The van der Waals surface area contributed by atoms with Gasteiger partial charge in [-0.25, -0.2) is 0 Å². The van der Waals surface area contributed by atoms with Gasteiger partial charge in [0.15, 0.2) is 0 Å². The van der Waals surface area contributed by atoms with Crippen LogP contribution >= 0.6 is 15.9 Å². The van der Waals surface area contributed by atoms with E-state index in [1.54, 1.807) is 0 Å². The maximum atomic E-state index is 3.95. The Hall–Kier alpha value is -1.08. The van der Waals surface area contributed by atoms with Crippen molar-refractivity contribution in [3.05, 3.63) is 70.8 Å². The molecule has 2 atom stereocenters. The number of halogens is 1. The predicted molar refractivity (Wildman–Crippen MR) is 94.2 cm³/mol. The molecule has 21 heavy (non-hydrogen) atoms. The molecule has 0 N–H and O–H groups in total. The molecule has 0 saturated carbocycles. The van der Waals surface area contributed by atoms with Gasteiger partial charge in [0.2, 0.25) is 0 Å². The molecule has 0 nitrogen and oxygen atoms in total. The summed E-state index contributed by atoms with van der Waals surface area (Å²) in [5.74, 6) is 1.31. The van der Waals surface area contributed by atoms with Gasteiger partial charge in [-0.3, -0.25) is 0 Å². The van der Waals surface area contributed by atoms with Crippen LogP contribution in [0.3, 0.4) is 0 Å². The van der Waals surface area contributed by atoms with E-state index in [0.717, 1.165) is 0 Å². The van der Waals surface area contributed by atoms with Crippen LogP contribution < -0.4 is 0 Å². The zero-order valence-corrected chi connectivity index (χ0v) is 14.4. The van der Waals surface area contributed by atoms with Crippen molar-refractivity contribution >= 4 is 15.9 Å². The molecule has 0 fully saturated rings. The molecule has 1 aliphatic carbocycles. The highest BCUT2D eigenvalue weighted by molar-refractivity contribution is 9.09. The molecular formula is C20H23Br. The maximum absolute atomic E-state index is 3.95. The summed E-state index contributed by atoms with van der Waals surface area (Å²) in [6, 6.07) is 18.1. The minimum absolute atomic E-state index is 0.493. The minimum atomic E-state index is 0.493. The van der Waals surface area contributed by atoms with Crippen LogP contribution in [0.1, 0.15) is 53.3 Å². The maximum Gasteiger partial charge on any atom is 0.0429 e. The van der Waals surface area contributed by atoms with Gasteiger partial charge >= 0.3 is 0 Å². The Morgan fingerprint density at radius 1 is 1.05 bits per heavy atom. The van der Waals surface area contributed by atoms with Crippen molar-refractivity contribution in [3.8, 4) is 0 Å². The Morgan fingerprint density at radius 2 is 1.76 bits per heavy atom. The van der Waals surface area contributed by atoms with E-state index in [9.17, 15) is 0 Å². The van der Waals surface area contributed by atoms with Crippen LogP contribution in [0.15, 0.2) is 48.5 Å². The number of benzene rings is 2. The molecule has 110 valence electrons. The first kappa shape index (κ1) is 14.8. The van der Waals surface area contributed by atoms with E-state index < -0.39 is 0 Å².